The Labute approximate surface area is 84.5 Å². The number of hydrogen-bond acceptors (Lipinski definition) is 5. The second-order valence-corrected chi connectivity index (χ2v) is 4.23. The van der Waals surface area contributed by atoms with Crippen LogP contribution in [0.15, 0.2) is 0 Å². The highest BCUT2D eigenvalue weighted by atomic mass is 32.2. The fraction of sp³-hybridized carbons (Fsp3) is 0.625. The molecule has 0 aromatic heterocycles. The molecule has 82 valence electrons. The van der Waals surface area contributed by atoms with Gasteiger partial charge in [-0.1, -0.05) is 0 Å². The molecule has 0 aliphatic carbocycles. The number of carbonyl (C=O) groups is 1. The van der Waals surface area contributed by atoms with Crippen LogP contribution in [0.5, 0.6) is 0 Å². The van der Waals surface area contributed by atoms with Crippen LogP contribution in [0, 0.1) is 12.8 Å². The zero-order valence-corrected chi connectivity index (χ0v) is 9.04. The first-order chi connectivity index (χ1) is 6.45. The minimum atomic E-state index is -3.37. The highest BCUT2D eigenvalue weighted by molar-refractivity contribution is 7.85. The van der Waals surface area contributed by atoms with Crippen LogP contribution >= 0.6 is 0 Å². The van der Waals surface area contributed by atoms with Crippen molar-refractivity contribution in [1.29, 1.82) is 0 Å². The molecule has 0 aromatic carbocycles. The molecule has 0 saturated heterocycles. The van der Waals surface area contributed by atoms with Crippen molar-refractivity contribution < 1.29 is 22.1 Å². The van der Waals surface area contributed by atoms with E-state index in [1.165, 1.54) is 7.11 Å². The van der Waals surface area contributed by atoms with E-state index in [-0.39, 0.29) is 19.0 Å². The van der Waals surface area contributed by atoms with Gasteiger partial charge in [0, 0.05) is 6.42 Å². The van der Waals surface area contributed by atoms with Crippen molar-refractivity contribution in [3.63, 3.8) is 0 Å². The van der Waals surface area contributed by atoms with Crippen LogP contribution in [0.2, 0.25) is 0 Å². The lowest BCUT2D eigenvalue weighted by Crippen LogP contribution is -2.05. The average Bonchev–Trinajstić information content (AvgIpc) is 2.08. The molecular weight excluding hydrogens is 208 g/mol. The SMILES string of the molecule is COC(=O)C[CH]C[CH]COS(C)(=O)=O. The molecule has 0 aromatic rings. The van der Waals surface area contributed by atoms with E-state index in [0.29, 0.717) is 6.42 Å². The van der Waals surface area contributed by atoms with E-state index in [4.69, 9.17) is 0 Å². The predicted molar refractivity (Wildman–Crippen MR) is 50.6 cm³/mol. The van der Waals surface area contributed by atoms with E-state index >= 15 is 0 Å². The Hall–Kier alpha value is -0.620. The Bertz CT molecular complexity index is 257. The number of unbranched alkanes of at least 4 members (excludes halogenated alkanes) is 2. The van der Waals surface area contributed by atoms with Gasteiger partial charge in [-0.2, -0.15) is 8.42 Å². The quantitative estimate of drug-likeness (QED) is 0.352. The monoisotopic (exact) mass is 222 g/mol. The van der Waals surface area contributed by atoms with Crippen molar-refractivity contribution in [2.45, 2.75) is 12.8 Å². The average molecular weight is 222 g/mol. The molecule has 0 fully saturated rings. The number of hydrogen-bond donors (Lipinski definition) is 0. The Kier molecular flexibility index (Phi) is 6.48. The van der Waals surface area contributed by atoms with Crippen molar-refractivity contribution in [3.8, 4) is 0 Å². The first-order valence-electron chi connectivity index (χ1n) is 4.00. The van der Waals surface area contributed by atoms with Gasteiger partial charge in [0.1, 0.15) is 0 Å². The van der Waals surface area contributed by atoms with Gasteiger partial charge in [-0.15, -0.1) is 0 Å². The standard InChI is InChI=1S/C8H14O5S/c1-12-8(9)6-4-3-5-7-13-14(2,10)11/h4-5H,3,6-7H2,1-2H3. The van der Waals surface area contributed by atoms with E-state index in [0.717, 1.165) is 6.26 Å². The molecule has 0 amide bonds. The van der Waals surface area contributed by atoms with E-state index < -0.39 is 10.1 Å². The van der Waals surface area contributed by atoms with Crippen LogP contribution < -0.4 is 0 Å². The number of ether oxygens (including phenoxy) is 1. The molecule has 0 heterocycles. The molecule has 0 aliphatic rings. The third-order valence-electron chi connectivity index (χ3n) is 1.27. The van der Waals surface area contributed by atoms with E-state index in [1.807, 2.05) is 0 Å². The summed E-state index contributed by atoms with van der Waals surface area (Å²) in [5.74, 6) is -0.317. The Morgan fingerprint density at radius 1 is 1.36 bits per heavy atom. The molecule has 2 radical (unpaired) electrons. The normalized spacial score (nSPS) is 11.3. The summed E-state index contributed by atoms with van der Waals surface area (Å²) in [6, 6.07) is 0. The highest BCUT2D eigenvalue weighted by Gasteiger charge is 2.02. The molecule has 5 nitrogen and oxygen atoms in total. The number of carbonyl (C=O) groups excluding carboxylic acids is 1. The zero-order valence-electron chi connectivity index (χ0n) is 8.23. The van der Waals surface area contributed by atoms with Crippen LogP contribution in [-0.2, 0) is 23.8 Å². The van der Waals surface area contributed by atoms with Crippen LogP contribution in [-0.4, -0.2) is 34.4 Å². The van der Waals surface area contributed by atoms with Gasteiger partial charge in [0.2, 0.25) is 0 Å². The summed E-state index contributed by atoms with van der Waals surface area (Å²) >= 11 is 0. The Morgan fingerprint density at radius 2 is 2.00 bits per heavy atom. The fourth-order valence-corrected chi connectivity index (χ4v) is 0.986. The fourth-order valence-electron chi connectivity index (χ4n) is 0.642. The smallest absolute Gasteiger partial charge is 0.305 e. The van der Waals surface area contributed by atoms with Gasteiger partial charge in [0.15, 0.2) is 0 Å². The van der Waals surface area contributed by atoms with Crippen molar-refractivity contribution in [1.82, 2.24) is 0 Å². The van der Waals surface area contributed by atoms with Crippen LogP contribution in [0.4, 0.5) is 0 Å². The lowest BCUT2D eigenvalue weighted by molar-refractivity contribution is -0.139. The molecule has 0 unspecified atom stereocenters. The molecule has 0 saturated carbocycles. The molecule has 6 heteroatoms. The van der Waals surface area contributed by atoms with Crippen molar-refractivity contribution in [2.24, 2.45) is 0 Å². The molecule has 14 heavy (non-hydrogen) atoms. The minimum absolute atomic E-state index is 0.0243. The van der Waals surface area contributed by atoms with Crippen LogP contribution in [0.1, 0.15) is 12.8 Å². The summed E-state index contributed by atoms with van der Waals surface area (Å²) in [6.07, 6.45) is 5.00. The Balaban J connectivity index is 3.27. The first kappa shape index (κ1) is 13.4. The maximum Gasteiger partial charge on any atom is 0.305 e. The van der Waals surface area contributed by atoms with Gasteiger partial charge in [0.25, 0.3) is 10.1 Å². The molecule has 0 atom stereocenters. The van der Waals surface area contributed by atoms with Gasteiger partial charge in [-0.3, -0.25) is 8.98 Å². The topological polar surface area (TPSA) is 69.7 Å². The largest absolute Gasteiger partial charge is 0.469 e. The third-order valence-corrected chi connectivity index (χ3v) is 1.84. The van der Waals surface area contributed by atoms with Crippen molar-refractivity contribution in [3.05, 3.63) is 12.8 Å². The van der Waals surface area contributed by atoms with Crippen LogP contribution in [0.25, 0.3) is 0 Å². The number of esters is 1. The summed E-state index contributed by atoms with van der Waals surface area (Å²) in [5, 5.41) is 0. The summed E-state index contributed by atoms with van der Waals surface area (Å²) in [7, 11) is -2.06. The van der Waals surface area contributed by atoms with Crippen LogP contribution in [0.3, 0.4) is 0 Å². The Morgan fingerprint density at radius 3 is 2.50 bits per heavy atom. The van der Waals surface area contributed by atoms with Gasteiger partial charge in [0.05, 0.1) is 20.0 Å². The molecular formula is C8H14O5S. The first-order valence-corrected chi connectivity index (χ1v) is 5.82. The maximum atomic E-state index is 10.6. The summed E-state index contributed by atoms with van der Waals surface area (Å²) in [6.45, 7) is 0.0243. The predicted octanol–water partition coefficient (Wildman–Crippen LogP) is 0.324. The second kappa shape index (κ2) is 6.78. The summed E-state index contributed by atoms with van der Waals surface area (Å²) < 4.78 is 29.8. The number of rotatable bonds is 7. The molecule has 0 N–H and O–H groups in total. The van der Waals surface area contributed by atoms with E-state index in [9.17, 15) is 13.2 Å². The minimum Gasteiger partial charge on any atom is -0.469 e. The second-order valence-electron chi connectivity index (χ2n) is 2.58. The van der Waals surface area contributed by atoms with Gasteiger partial charge in [-0.05, 0) is 19.3 Å². The third kappa shape index (κ3) is 9.47. The van der Waals surface area contributed by atoms with Crippen molar-refractivity contribution in [2.75, 3.05) is 20.0 Å². The zero-order chi connectivity index (χ0) is 11.0. The molecule has 0 bridgehead atoms. The van der Waals surface area contributed by atoms with Gasteiger partial charge in [-0.25, -0.2) is 0 Å². The van der Waals surface area contributed by atoms with Crippen molar-refractivity contribution >= 4 is 16.1 Å². The van der Waals surface area contributed by atoms with E-state index in [2.05, 4.69) is 8.92 Å². The summed E-state index contributed by atoms with van der Waals surface area (Å²) in [4.78, 5) is 10.6. The maximum absolute atomic E-state index is 10.6. The van der Waals surface area contributed by atoms with Gasteiger partial charge < -0.3 is 4.74 Å². The summed E-state index contributed by atoms with van der Waals surface area (Å²) in [5.41, 5.74) is 0. The highest BCUT2D eigenvalue weighted by Crippen LogP contribution is 2.00. The lowest BCUT2D eigenvalue weighted by Gasteiger charge is -2.00. The molecule has 0 aliphatic heterocycles. The lowest BCUT2D eigenvalue weighted by atomic mass is 10.2. The number of methoxy groups -OCH3 is 1. The molecule has 0 spiro atoms. The van der Waals surface area contributed by atoms with Gasteiger partial charge >= 0.3 is 5.97 Å². The molecule has 0 rings (SSSR count). The van der Waals surface area contributed by atoms with E-state index in [1.54, 1.807) is 12.8 Å².